The molecule has 2 fully saturated rings. The van der Waals surface area contributed by atoms with E-state index in [1.54, 1.807) is 0 Å². The molecule has 0 aromatic heterocycles. The van der Waals surface area contributed by atoms with Gasteiger partial charge in [0.2, 0.25) is 0 Å². The van der Waals surface area contributed by atoms with Crippen LogP contribution in [-0.4, -0.2) is 54.5 Å². The molecule has 0 aromatic rings. The molecule has 0 saturated carbocycles. The third-order valence-electron chi connectivity index (χ3n) is 4.19. The molecule has 0 spiro atoms. The van der Waals surface area contributed by atoms with Crippen LogP contribution in [0.3, 0.4) is 0 Å². The molecule has 2 saturated heterocycles. The van der Waals surface area contributed by atoms with E-state index in [1.807, 2.05) is 0 Å². The van der Waals surface area contributed by atoms with Crippen LogP contribution in [-0.2, 0) is 0 Å². The summed E-state index contributed by atoms with van der Waals surface area (Å²) in [6.07, 6.45) is -2.68. The van der Waals surface area contributed by atoms with Crippen LogP contribution in [0.5, 0.6) is 0 Å². The number of halogens is 4. The van der Waals surface area contributed by atoms with Gasteiger partial charge in [-0.1, -0.05) is 0 Å². The van der Waals surface area contributed by atoms with E-state index in [-0.39, 0.29) is 25.2 Å². The number of nitrogens with one attached hydrogen (secondary N) is 1. The Bertz CT molecular complexity index is 275. The van der Waals surface area contributed by atoms with Crippen molar-refractivity contribution in [2.24, 2.45) is 5.92 Å². The molecule has 0 radical (unpaired) electrons. The minimum atomic E-state index is -4.49. The van der Waals surface area contributed by atoms with Gasteiger partial charge in [-0.3, -0.25) is 0 Å². The predicted octanol–water partition coefficient (Wildman–Crippen LogP) is 1.80. The van der Waals surface area contributed by atoms with Gasteiger partial charge in [0.25, 0.3) is 0 Å². The summed E-state index contributed by atoms with van der Waals surface area (Å²) in [4.78, 5) is 2.07. The molecule has 3 nitrogen and oxygen atoms in total. The Kier molecular flexibility index (Phi) is 5.92. The largest absolute Gasteiger partial charge is 0.417 e. The highest BCUT2D eigenvalue weighted by molar-refractivity contribution is 5.85. The van der Waals surface area contributed by atoms with E-state index in [2.05, 4.69) is 10.2 Å². The Morgan fingerprint density at radius 3 is 2.16 bits per heavy atom. The third kappa shape index (κ3) is 4.21. The smallest absolute Gasteiger partial charge is 0.380 e. The number of nitrogens with zero attached hydrogens (tertiary/aromatic N) is 1. The molecule has 0 atom stereocenters. The summed E-state index contributed by atoms with van der Waals surface area (Å²) < 4.78 is 37.9. The van der Waals surface area contributed by atoms with Gasteiger partial charge in [-0.25, -0.2) is 0 Å². The average molecular weight is 303 g/mol. The lowest BCUT2D eigenvalue weighted by Gasteiger charge is -2.40. The SMILES string of the molecule is Cl.OC1(C(F)(F)F)CCN(CC2CCNCC2)CC1. The van der Waals surface area contributed by atoms with Crippen LogP contribution >= 0.6 is 12.4 Å². The van der Waals surface area contributed by atoms with Crippen LogP contribution in [0.2, 0.25) is 0 Å². The van der Waals surface area contributed by atoms with Gasteiger partial charge in [0.15, 0.2) is 5.60 Å². The van der Waals surface area contributed by atoms with Crippen LogP contribution in [0.4, 0.5) is 13.2 Å². The molecule has 0 aromatic carbocycles. The van der Waals surface area contributed by atoms with Gasteiger partial charge >= 0.3 is 6.18 Å². The Labute approximate surface area is 117 Å². The standard InChI is InChI=1S/C12H21F3N2O.ClH/c13-12(14,15)11(18)3-7-17(8-4-11)9-10-1-5-16-6-2-10;/h10,16,18H,1-9H2;1H. The maximum Gasteiger partial charge on any atom is 0.417 e. The Hall–Kier alpha value is -0.0400. The highest BCUT2D eigenvalue weighted by Crippen LogP contribution is 2.38. The summed E-state index contributed by atoms with van der Waals surface area (Å²) in [6, 6.07) is 0. The summed E-state index contributed by atoms with van der Waals surface area (Å²) in [5.74, 6) is 0.586. The number of alkyl halides is 3. The van der Waals surface area contributed by atoms with Crippen molar-refractivity contribution in [2.75, 3.05) is 32.7 Å². The molecule has 7 heteroatoms. The summed E-state index contributed by atoms with van der Waals surface area (Å²) in [5, 5.41) is 12.8. The zero-order chi connectivity index (χ0) is 13.2. The van der Waals surface area contributed by atoms with Crippen LogP contribution in [0.25, 0.3) is 0 Å². The summed E-state index contributed by atoms with van der Waals surface area (Å²) in [5.41, 5.74) is -2.46. The first-order valence-corrected chi connectivity index (χ1v) is 6.63. The van der Waals surface area contributed by atoms with Crippen molar-refractivity contribution in [1.29, 1.82) is 0 Å². The van der Waals surface area contributed by atoms with E-state index in [4.69, 9.17) is 0 Å². The fourth-order valence-corrected chi connectivity index (χ4v) is 2.82. The number of piperidine rings is 2. The molecule has 2 aliphatic rings. The molecular weight excluding hydrogens is 281 g/mol. The zero-order valence-corrected chi connectivity index (χ0v) is 11.7. The molecule has 2 N–H and O–H groups in total. The maximum absolute atomic E-state index is 12.6. The molecule has 0 bridgehead atoms. The topological polar surface area (TPSA) is 35.5 Å². The Balaban J connectivity index is 0.00000180. The summed E-state index contributed by atoms with van der Waals surface area (Å²) >= 11 is 0. The molecule has 114 valence electrons. The summed E-state index contributed by atoms with van der Waals surface area (Å²) in [6.45, 7) is 3.57. The maximum atomic E-state index is 12.6. The van der Waals surface area contributed by atoms with Gasteiger partial charge in [0.05, 0.1) is 0 Å². The average Bonchev–Trinajstić information content (AvgIpc) is 2.32. The van der Waals surface area contributed by atoms with E-state index in [0.29, 0.717) is 19.0 Å². The molecule has 2 heterocycles. The lowest BCUT2D eigenvalue weighted by molar-refractivity contribution is -0.272. The normalized spacial score (nSPS) is 25.9. The van der Waals surface area contributed by atoms with Gasteiger partial charge in [0, 0.05) is 19.6 Å². The number of hydrogen-bond donors (Lipinski definition) is 2. The van der Waals surface area contributed by atoms with Gasteiger partial charge in [-0.05, 0) is 44.7 Å². The van der Waals surface area contributed by atoms with Crippen molar-refractivity contribution < 1.29 is 18.3 Å². The molecule has 0 amide bonds. The Morgan fingerprint density at radius 2 is 1.68 bits per heavy atom. The van der Waals surface area contributed by atoms with Crippen molar-refractivity contribution >= 4 is 12.4 Å². The highest BCUT2D eigenvalue weighted by atomic mass is 35.5. The lowest BCUT2D eigenvalue weighted by atomic mass is 9.89. The molecule has 2 rings (SSSR count). The first-order valence-electron chi connectivity index (χ1n) is 6.63. The second-order valence-electron chi connectivity index (χ2n) is 5.52. The second kappa shape index (κ2) is 6.61. The van der Waals surface area contributed by atoms with Gasteiger partial charge < -0.3 is 15.3 Å². The Morgan fingerprint density at radius 1 is 1.16 bits per heavy atom. The van der Waals surface area contributed by atoms with Crippen molar-refractivity contribution in [3.05, 3.63) is 0 Å². The van der Waals surface area contributed by atoms with Crippen LogP contribution in [0, 0.1) is 5.92 Å². The van der Waals surface area contributed by atoms with E-state index in [0.717, 1.165) is 32.5 Å². The first-order chi connectivity index (χ1) is 8.41. The minimum Gasteiger partial charge on any atom is -0.380 e. The van der Waals surface area contributed by atoms with E-state index < -0.39 is 11.8 Å². The van der Waals surface area contributed by atoms with Gasteiger partial charge in [-0.2, -0.15) is 13.2 Å². The molecule has 0 aliphatic carbocycles. The number of aliphatic hydroxyl groups is 1. The van der Waals surface area contributed by atoms with Crippen molar-refractivity contribution in [2.45, 2.75) is 37.5 Å². The summed E-state index contributed by atoms with van der Waals surface area (Å²) in [7, 11) is 0. The van der Waals surface area contributed by atoms with E-state index in [1.165, 1.54) is 0 Å². The zero-order valence-electron chi connectivity index (χ0n) is 10.9. The molecule has 2 aliphatic heterocycles. The van der Waals surface area contributed by atoms with E-state index >= 15 is 0 Å². The highest BCUT2D eigenvalue weighted by Gasteiger charge is 2.54. The van der Waals surface area contributed by atoms with E-state index in [9.17, 15) is 18.3 Å². The number of likely N-dealkylation sites (tertiary alicyclic amines) is 1. The first kappa shape index (κ1) is 17.0. The monoisotopic (exact) mass is 302 g/mol. The number of hydrogen-bond acceptors (Lipinski definition) is 3. The third-order valence-corrected chi connectivity index (χ3v) is 4.19. The fraction of sp³-hybridized carbons (Fsp3) is 1.00. The van der Waals surface area contributed by atoms with Crippen molar-refractivity contribution in [3.63, 3.8) is 0 Å². The molecule has 19 heavy (non-hydrogen) atoms. The van der Waals surface area contributed by atoms with Crippen LogP contribution in [0.1, 0.15) is 25.7 Å². The predicted molar refractivity (Wildman–Crippen MR) is 69.5 cm³/mol. The molecular formula is C12H22ClF3N2O. The quantitative estimate of drug-likeness (QED) is 0.816. The van der Waals surface area contributed by atoms with Crippen molar-refractivity contribution in [1.82, 2.24) is 10.2 Å². The minimum absolute atomic E-state index is 0. The van der Waals surface area contributed by atoms with Crippen molar-refractivity contribution in [3.8, 4) is 0 Å². The van der Waals surface area contributed by atoms with Gasteiger partial charge in [-0.15, -0.1) is 12.4 Å². The molecule has 0 unspecified atom stereocenters. The fourth-order valence-electron chi connectivity index (χ4n) is 2.82. The van der Waals surface area contributed by atoms with Gasteiger partial charge in [0.1, 0.15) is 0 Å². The lowest BCUT2D eigenvalue weighted by Crippen LogP contribution is -2.54. The van der Waals surface area contributed by atoms with Crippen LogP contribution in [0.15, 0.2) is 0 Å². The van der Waals surface area contributed by atoms with Crippen LogP contribution < -0.4 is 5.32 Å². The second-order valence-corrected chi connectivity index (χ2v) is 5.52. The number of rotatable bonds is 2.